The lowest BCUT2D eigenvalue weighted by Crippen LogP contribution is -2.56. The molecule has 2 bridgehead atoms. The minimum absolute atomic E-state index is 0.708. The molecule has 1 aromatic heterocycles. The third kappa shape index (κ3) is 2.62. The van der Waals surface area contributed by atoms with Crippen LogP contribution in [0.4, 0.5) is 5.69 Å². The zero-order chi connectivity index (χ0) is 13.2. The zero-order valence-corrected chi connectivity index (χ0v) is 12.1. The van der Waals surface area contributed by atoms with Gasteiger partial charge in [0.1, 0.15) is 0 Å². The predicted octanol–water partition coefficient (Wildman–Crippen LogP) is 2.89. The zero-order valence-electron chi connectivity index (χ0n) is 12.1. The van der Waals surface area contributed by atoms with Gasteiger partial charge in [0.15, 0.2) is 0 Å². The van der Waals surface area contributed by atoms with Crippen LogP contribution < -0.4 is 10.2 Å². The van der Waals surface area contributed by atoms with Gasteiger partial charge in [-0.3, -0.25) is 4.98 Å². The molecule has 0 amide bonds. The number of piperidine rings is 2. The summed E-state index contributed by atoms with van der Waals surface area (Å²) in [5.41, 5.74) is 2.61. The van der Waals surface area contributed by atoms with Crippen LogP contribution in [-0.4, -0.2) is 29.7 Å². The fraction of sp³-hybridized carbons (Fsp3) is 0.688. The van der Waals surface area contributed by atoms with Crippen molar-refractivity contribution in [2.45, 2.75) is 64.1 Å². The Balaban J connectivity index is 1.82. The molecule has 2 atom stereocenters. The molecule has 0 radical (unpaired) electrons. The summed E-state index contributed by atoms with van der Waals surface area (Å²) in [6, 6.07) is 4.43. The Morgan fingerprint density at radius 2 is 2.00 bits per heavy atom. The number of aromatic nitrogens is 1. The standard InChI is InChI=1S/C16H25N3/c1-3-18-13-8-14-5-4-6-15(9-13)19(14)16-7-12(2)10-17-11-16/h7,10-11,13-15,18H,3-6,8-9H2,1-2H3. The van der Waals surface area contributed by atoms with E-state index in [-0.39, 0.29) is 0 Å². The molecule has 2 fully saturated rings. The molecule has 3 heteroatoms. The van der Waals surface area contributed by atoms with Gasteiger partial charge in [0.05, 0.1) is 11.9 Å². The van der Waals surface area contributed by atoms with Crippen molar-refractivity contribution in [1.29, 1.82) is 0 Å². The van der Waals surface area contributed by atoms with E-state index in [9.17, 15) is 0 Å². The maximum absolute atomic E-state index is 4.38. The van der Waals surface area contributed by atoms with Crippen LogP contribution in [-0.2, 0) is 0 Å². The lowest BCUT2D eigenvalue weighted by atomic mass is 9.81. The Bertz CT molecular complexity index is 418. The second-order valence-electron chi connectivity index (χ2n) is 6.09. The normalized spacial score (nSPS) is 30.4. The first-order chi connectivity index (χ1) is 9.28. The molecule has 2 aliphatic heterocycles. The molecule has 0 aromatic carbocycles. The summed E-state index contributed by atoms with van der Waals surface area (Å²) in [5, 5.41) is 3.65. The number of nitrogens with zero attached hydrogens (tertiary/aromatic N) is 2. The Morgan fingerprint density at radius 1 is 1.26 bits per heavy atom. The molecule has 2 aliphatic rings. The molecular formula is C16H25N3. The van der Waals surface area contributed by atoms with Gasteiger partial charge in [-0.15, -0.1) is 0 Å². The maximum atomic E-state index is 4.38. The number of nitrogens with one attached hydrogen (secondary N) is 1. The van der Waals surface area contributed by atoms with E-state index < -0.39 is 0 Å². The summed E-state index contributed by atoms with van der Waals surface area (Å²) in [6.07, 6.45) is 10.6. The van der Waals surface area contributed by atoms with Gasteiger partial charge >= 0.3 is 0 Å². The van der Waals surface area contributed by atoms with Crippen molar-refractivity contribution in [1.82, 2.24) is 10.3 Å². The van der Waals surface area contributed by atoms with Crippen LogP contribution in [0.1, 0.15) is 44.6 Å². The number of hydrogen-bond acceptors (Lipinski definition) is 3. The fourth-order valence-electron chi connectivity index (χ4n) is 3.94. The number of fused-ring (bicyclic) bond motifs is 2. The summed E-state index contributed by atoms with van der Waals surface area (Å²) in [6.45, 7) is 5.44. The van der Waals surface area contributed by atoms with Crippen LogP contribution >= 0.6 is 0 Å². The van der Waals surface area contributed by atoms with E-state index in [0.717, 1.165) is 6.54 Å². The first-order valence-electron chi connectivity index (χ1n) is 7.71. The quantitative estimate of drug-likeness (QED) is 0.904. The molecule has 2 saturated heterocycles. The average molecular weight is 259 g/mol. The van der Waals surface area contributed by atoms with E-state index >= 15 is 0 Å². The van der Waals surface area contributed by atoms with Gasteiger partial charge in [0, 0.05) is 24.3 Å². The highest BCUT2D eigenvalue weighted by atomic mass is 15.2. The highest BCUT2D eigenvalue weighted by molar-refractivity contribution is 5.49. The van der Waals surface area contributed by atoms with Crippen molar-refractivity contribution < 1.29 is 0 Å². The monoisotopic (exact) mass is 259 g/mol. The summed E-state index contributed by atoms with van der Waals surface area (Å²) >= 11 is 0. The van der Waals surface area contributed by atoms with Gasteiger partial charge in [-0.25, -0.2) is 0 Å². The third-order valence-electron chi connectivity index (χ3n) is 4.63. The van der Waals surface area contributed by atoms with E-state index in [4.69, 9.17) is 0 Å². The van der Waals surface area contributed by atoms with Gasteiger partial charge in [-0.05, 0) is 57.2 Å². The number of hydrogen-bond donors (Lipinski definition) is 1. The highest BCUT2D eigenvalue weighted by Crippen LogP contribution is 2.37. The topological polar surface area (TPSA) is 28.2 Å². The van der Waals surface area contributed by atoms with Crippen molar-refractivity contribution >= 4 is 5.69 Å². The van der Waals surface area contributed by atoms with E-state index in [1.807, 2.05) is 12.4 Å². The van der Waals surface area contributed by atoms with Gasteiger partial charge in [0.2, 0.25) is 0 Å². The predicted molar refractivity (Wildman–Crippen MR) is 79.6 cm³/mol. The maximum Gasteiger partial charge on any atom is 0.0560 e. The summed E-state index contributed by atoms with van der Waals surface area (Å²) < 4.78 is 0. The first-order valence-corrected chi connectivity index (χ1v) is 7.71. The van der Waals surface area contributed by atoms with Crippen LogP contribution in [0.2, 0.25) is 0 Å². The van der Waals surface area contributed by atoms with Crippen molar-refractivity contribution in [2.75, 3.05) is 11.4 Å². The van der Waals surface area contributed by atoms with Crippen LogP contribution in [0.3, 0.4) is 0 Å². The van der Waals surface area contributed by atoms with Gasteiger partial charge in [-0.2, -0.15) is 0 Å². The molecule has 2 unspecified atom stereocenters. The molecule has 3 rings (SSSR count). The largest absolute Gasteiger partial charge is 0.364 e. The van der Waals surface area contributed by atoms with Crippen molar-refractivity contribution in [2.24, 2.45) is 0 Å². The van der Waals surface area contributed by atoms with Crippen LogP contribution in [0.5, 0.6) is 0 Å². The SMILES string of the molecule is CCNC1CC2CCCC(C1)N2c1cncc(C)c1. The van der Waals surface area contributed by atoms with Crippen molar-refractivity contribution in [3.63, 3.8) is 0 Å². The summed E-state index contributed by atoms with van der Waals surface area (Å²) in [7, 11) is 0. The molecule has 3 nitrogen and oxygen atoms in total. The van der Waals surface area contributed by atoms with Crippen LogP contribution in [0, 0.1) is 6.92 Å². The minimum atomic E-state index is 0.708. The minimum Gasteiger partial charge on any atom is -0.364 e. The van der Waals surface area contributed by atoms with Gasteiger partial charge in [0.25, 0.3) is 0 Å². The Labute approximate surface area is 116 Å². The molecule has 3 heterocycles. The molecule has 19 heavy (non-hydrogen) atoms. The van der Waals surface area contributed by atoms with Crippen molar-refractivity contribution in [3.8, 4) is 0 Å². The second-order valence-corrected chi connectivity index (χ2v) is 6.09. The lowest BCUT2D eigenvalue weighted by Gasteiger charge is -2.50. The van der Waals surface area contributed by atoms with Gasteiger partial charge < -0.3 is 10.2 Å². The molecule has 0 saturated carbocycles. The van der Waals surface area contributed by atoms with E-state index in [2.05, 4.69) is 35.1 Å². The van der Waals surface area contributed by atoms with E-state index in [1.54, 1.807) is 0 Å². The lowest BCUT2D eigenvalue weighted by molar-refractivity contribution is 0.247. The van der Waals surface area contributed by atoms with E-state index in [1.165, 1.54) is 43.4 Å². The third-order valence-corrected chi connectivity index (χ3v) is 4.63. The molecule has 0 spiro atoms. The first kappa shape index (κ1) is 12.9. The number of anilines is 1. The smallest absolute Gasteiger partial charge is 0.0560 e. The fourth-order valence-corrected chi connectivity index (χ4v) is 3.94. The highest BCUT2D eigenvalue weighted by Gasteiger charge is 2.38. The molecule has 1 N–H and O–H groups in total. The summed E-state index contributed by atoms with van der Waals surface area (Å²) in [5.74, 6) is 0. The second kappa shape index (κ2) is 5.49. The summed E-state index contributed by atoms with van der Waals surface area (Å²) in [4.78, 5) is 7.05. The van der Waals surface area contributed by atoms with Crippen LogP contribution in [0.25, 0.3) is 0 Å². The molecule has 104 valence electrons. The number of rotatable bonds is 3. The number of aryl methyl sites for hydroxylation is 1. The van der Waals surface area contributed by atoms with E-state index in [0.29, 0.717) is 18.1 Å². The molecule has 0 aliphatic carbocycles. The Kier molecular flexibility index (Phi) is 3.74. The molecular weight excluding hydrogens is 234 g/mol. The van der Waals surface area contributed by atoms with Gasteiger partial charge in [-0.1, -0.05) is 6.92 Å². The van der Waals surface area contributed by atoms with Crippen molar-refractivity contribution in [3.05, 3.63) is 24.0 Å². The average Bonchev–Trinajstić information content (AvgIpc) is 2.38. The Hall–Kier alpha value is -1.09. The molecule has 1 aromatic rings. The number of pyridine rings is 1. The Morgan fingerprint density at radius 3 is 2.63 bits per heavy atom. The van der Waals surface area contributed by atoms with Crippen LogP contribution in [0.15, 0.2) is 18.5 Å².